The molecule has 0 amide bonds. The van der Waals surface area contributed by atoms with E-state index in [1.54, 1.807) is 0 Å². The molecule has 0 spiro atoms. The molecule has 0 aromatic carbocycles. The van der Waals surface area contributed by atoms with Gasteiger partial charge in [-0.3, -0.25) is 0 Å². The first-order valence-corrected chi connectivity index (χ1v) is 5.39. The number of hydrogen-bond donors (Lipinski definition) is 4. The molecule has 0 rings (SSSR count). The third kappa shape index (κ3) is 14.1. The van der Waals surface area contributed by atoms with Crippen LogP contribution in [0, 0.1) is 0 Å². The summed E-state index contributed by atoms with van der Waals surface area (Å²) in [7, 11) is 0. The molecule has 0 radical (unpaired) electrons. The van der Waals surface area contributed by atoms with Crippen molar-refractivity contribution in [1.82, 2.24) is 0 Å². The van der Waals surface area contributed by atoms with Crippen LogP contribution in [0.15, 0.2) is 0 Å². The zero-order chi connectivity index (χ0) is 12.7. The molecule has 0 aliphatic carbocycles. The fraction of sp³-hybridized carbons (Fsp3) is 0.571. The molecule has 104 valence electrons. The molecule has 7 nitrogen and oxygen atoms in total. The predicted octanol–water partition coefficient (Wildman–Crippen LogP) is -2.17. The van der Waals surface area contributed by atoms with Crippen molar-refractivity contribution in [2.75, 3.05) is 11.5 Å². The number of carbonyl (C=O) groups is 3. The van der Waals surface area contributed by atoms with Gasteiger partial charge < -0.3 is 20.9 Å². The summed E-state index contributed by atoms with van der Waals surface area (Å²) in [5.41, 5.74) is 10.4. The van der Waals surface area contributed by atoms with Crippen LogP contribution < -0.4 is 11.5 Å². The Balaban J connectivity index is -0.000000375. The molecule has 0 saturated heterocycles. The Morgan fingerprint density at radius 2 is 1.16 bits per heavy atom. The quantitative estimate of drug-likeness (QED) is 0.188. The molecule has 0 aliphatic rings. The molecule has 0 heterocycles. The first kappa shape index (κ1) is 29.8. The normalized spacial score (nSPS) is 11.6. The van der Waals surface area contributed by atoms with Crippen LogP contribution in [-0.4, -0.2) is 144 Å². The Bertz CT molecular complexity index is 275. The second-order valence-electron chi connectivity index (χ2n) is 2.67. The van der Waals surface area contributed by atoms with E-state index in [9.17, 15) is 14.4 Å². The van der Waals surface area contributed by atoms with Gasteiger partial charge in [-0.25, -0.2) is 14.4 Å². The van der Waals surface area contributed by atoms with E-state index in [2.05, 4.69) is 34.7 Å². The summed E-state index contributed by atoms with van der Waals surface area (Å²) >= 11 is 7.44. The van der Waals surface area contributed by atoms with E-state index in [0.717, 1.165) is 0 Å². The van der Waals surface area contributed by atoms with E-state index >= 15 is 0 Å². The van der Waals surface area contributed by atoms with Crippen LogP contribution in [0.2, 0.25) is 0 Å². The van der Waals surface area contributed by atoms with Crippen LogP contribution in [0.3, 0.4) is 0 Å². The van der Waals surface area contributed by atoms with Gasteiger partial charge in [0.15, 0.2) is 0 Å². The minimum atomic E-state index is -1.47. The molecule has 0 aliphatic heterocycles. The molecule has 0 aromatic heterocycles. The number of hydrogen-bond acceptors (Lipinski definition) is 9. The van der Waals surface area contributed by atoms with Crippen LogP contribution in [0.25, 0.3) is 0 Å². The summed E-state index contributed by atoms with van der Waals surface area (Å²) in [6.45, 7) is 0. The van der Waals surface area contributed by atoms with E-state index < -0.39 is 30.2 Å². The van der Waals surface area contributed by atoms with Gasteiger partial charge in [-0.15, -0.1) is 12.4 Å². The van der Waals surface area contributed by atoms with E-state index in [4.69, 9.17) is 11.5 Å². The predicted molar refractivity (Wildman–Crippen MR) is 82.8 cm³/mol. The Morgan fingerprint density at radius 3 is 1.37 bits per heavy atom. The fourth-order valence-electron chi connectivity index (χ4n) is 0.486. The number of nitrogens with two attached hydrogens (primary N) is 2. The third-order valence-corrected chi connectivity index (χ3v) is 2.15. The summed E-state index contributed by atoms with van der Waals surface area (Å²) in [4.78, 5) is 32.8. The topological polar surface area (TPSA) is 122 Å². The van der Waals surface area contributed by atoms with Crippen LogP contribution in [0.5, 0.6) is 0 Å². The average Bonchev–Trinajstić information content (AvgIpc) is 2.26. The summed E-state index contributed by atoms with van der Waals surface area (Å²) in [5.74, 6) is -2.08. The number of thiol groups is 2. The molecule has 0 fully saturated rings. The van der Waals surface area contributed by atoms with Crippen LogP contribution in [-0.2, 0) is 19.1 Å². The van der Waals surface area contributed by atoms with Gasteiger partial charge >= 0.3 is 121 Å². The van der Waals surface area contributed by atoms with Crippen LogP contribution in [0.4, 0.5) is 4.79 Å². The first-order valence-electron chi connectivity index (χ1n) is 4.12. The van der Waals surface area contributed by atoms with Gasteiger partial charge in [0.05, 0.1) is 0 Å². The van der Waals surface area contributed by atoms with Crippen molar-refractivity contribution in [2.24, 2.45) is 11.5 Å². The van der Waals surface area contributed by atoms with Crippen molar-refractivity contribution in [2.45, 2.75) is 12.1 Å². The molecule has 12 heteroatoms. The van der Waals surface area contributed by atoms with E-state index in [1.807, 2.05) is 0 Å². The Kier molecular flexibility index (Phi) is 26.9. The molecule has 0 aromatic rings. The van der Waals surface area contributed by atoms with Crippen molar-refractivity contribution in [3.63, 3.8) is 0 Å². The SMILES string of the molecule is Cl.N[C@@H](CS)C(=O)OC(=O)OC(=O)[C@@H](N)CS.[KH].[KH]. The van der Waals surface area contributed by atoms with Gasteiger partial charge in [-0.1, -0.05) is 0 Å². The first-order chi connectivity index (χ1) is 7.42. The summed E-state index contributed by atoms with van der Waals surface area (Å²) in [5, 5.41) is 0. The number of ether oxygens (including phenoxy) is 2. The Morgan fingerprint density at radius 1 is 0.895 bits per heavy atom. The second-order valence-corrected chi connectivity index (χ2v) is 3.40. The third-order valence-electron chi connectivity index (χ3n) is 1.37. The van der Waals surface area contributed by atoms with Crippen molar-refractivity contribution >= 4 is 159 Å². The Hall–Kier alpha value is 2.79. The van der Waals surface area contributed by atoms with Crippen molar-refractivity contribution < 1.29 is 23.9 Å². The second kappa shape index (κ2) is 17.2. The maximum atomic E-state index is 11.0. The van der Waals surface area contributed by atoms with Crippen LogP contribution >= 0.6 is 37.7 Å². The van der Waals surface area contributed by atoms with Crippen LogP contribution in [0.1, 0.15) is 0 Å². The number of halogens is 1. The number of carbonyl (C=O) groups excluding carboxylic acids is 3. The monoisotopic (exact) mass is 384 g/mol. The van der Waals surface area contributed by atoms with Gasteiger partial charge in [-0.05, 0) is 0 Å². The molecule has 0 saturated carbocycles. The standard InChI is InChI=1S/C7H12N2O5S2.ClH.2K.2H/c8-3(1-15)5(10)13-7(12)14-6(11)4(9)2-16;;;;;/h3-4,15-16H,1-2,8-9H2;1H;;;;/t3-,4-;;;;;/m0...../s1. The maximum absolute atomic E-state index is 11.0. The van der Waals surface area contributed by atoms with Crippen molar-refractivity contribution in [1.29, 1.82) is 0 Å². The van der Waals surface area contributed by atoms with E-state index in [0.29, 0.717) is 0 Å². The van der Waals surface area contributed by atoms with Gasteiger partial charge in [0.2, 0.25) is 0 Å². The summed E-state index contributed by atoms with van der Waals surface area (Å²) in [6, 6.07) is -2.13. The zero-order valence-electron chi connectivity index (χ0n) is 8.57. The van der Waals surface area contributed by atoms with Gasteiger partial charge in [-0.2, -0.15) is 25.3 Å². The molecule has 2 atom stereocenters. The fourth-order valence-corrected chi connectivity index (χ4v) is 0.784. The zero-order valence-corrected chi connectivity index (χ0v) is 11.2. The molecular weight excluding hydrogens is 370 g/mol. The molecular formula is C7H15ClK2N2O5S2. The van der Waals surface area contributed by atoms with E-state index in [-0.39, 0.29) is 127 Å². The molecule has 0 unspecified atom stereocenters. The minimum absolute atomic E-state index is 0. The summed E-state index contributed by atoms with van der Waals surface area (Å²) in [6.07, 6.45) is -1.47. The molecule has 0 bridgehead atoms. The summed E-state index contributed by atoms with van der Waals surface area (Å²) < 4.78 is 8.19. The number of esters is 2. The Labute approximate surface area is 213 Å². The van der Waals surface area contributed by atoms with Crippen molar-refractivity contribution in [3.05, 3.63) is 0 Å². The van der Waals surface area contributed by atoms with Crippen molar-refractivity contribution in [3.8, 4) is 0 Å². The van der Waals surface area contributed by atoms with Gasteiger partial charge in [0, 0.05) is 11.5 Å². The molecule has 19 heavy (non-hydrogen) atoms. The van der Waals surface area contributed by atoms with Gasteiger partial charge in [0.25, 0.3) is 0 Å². The van der Waals surface area contributed by atoms with E-state index in [1.165, 1.54) is 0 Å². The average molecular weight is 385 g/mol. The van der Waals surface area contributed by atoms with Gasteiger partial charge in [0.1, 0.15) is 12.1 Å². The molecule has 4 N–H and O–H groups in total. The number of rotatable bonds is 4.